The summed E-state index contributed by atoms with van der Waals surface area (Å²) < 4.78 is 45.7. The van der Waals surface area contributed by atoms with E-state index in [1.165, 1.54) is 12.3 Å². The Morgan fingerprint density at radius 3 is 2.71 bits per heavy atom. The molecule has 0 bridgehead atoms. The molecular weight excluding hydrogens is 419 g/mol. The van der Waals surface area contributed by atoms with Gasteiger partial charge < -0.3 is 19.6 Å². The van der Waals surface area contributed by atoms with Crippen LogP contribution in [0.15, 0.2) is 41.1 Å². The highest BCUT2D eigenvalue weighted by Crippen LogP contribution is 2.32. The second kappa shape index (κ2) is 7.15. The summed E-state index contributed by atoms with van der Waals surface area (Å²) in [5, 5.41) is 7.22. The number of nitrogens with one attached hydrogen (secondary N) is 3. The second-order valence-electron chi connectivity index (χ2n) is 6.89. The Balaban J connectivity index is 1.60. The minimum atomic E-state index is -4.53. The fourth-order valence-electron chi connectivity index (χ4n) is 3.42. The molecule has 0 radical (unpaired) electrons. The van der Waals surface area contributed by atoms with Crippen LogP contribution in [0.1, 0.15) is 28.9 Å². The van der Waals surface area contributed by atoms with Gasteiger partial charge in [-0.25, -0.2) is 9.78 Å². The average Bonchev–Trinajstić information content (AvgIpc) is 3.41. The van der Waals surface area contributed by atoms with E-state index in [0.29, 0.717) is 6.54 Å². The Hall–Kier alpha value is -3.83. The van der Waals surface area contributed by atoms with Crippen LogP contribution in [0.2, 0.25) is 0 Å². The standard InChI is InChI=1S/C19H16F3N5O4/c1-2-27-6-5-23-15(27)18(16(29)25-17(30)26-18)9-24-14(28)13-8-10-7-11(19(20,21)22)3-4-12(10)31-13/h3-8H,2,9H2,1H3,(H,24,28)(H2,25,26,29,30)/t18-/m0/s1. The number of furan rings is 1. The van der Waals surface area contributed by atoms with Crippen LogP contribution < -0.4 is 16.0 Å². The number of imide groups is 1. The molecule has 3 aromatic rings. The minimum absolute atomic E-state index is 0.0984. The zero-order valence-electron chi connectivity index (χ0n) is 16.0. The molecule has 4 rings (SSSR count). The molecule has 162 valence electrons. The summed E-state index contributed by atoms with van der Waals surface area (Å²) in [6.45, 7) is 1.92. The third-order valence-electron chi connectivity index (χ3n) is 4.96. The molecule has 1 aromatic carbocycles. The summed E-state index contributed by atoms with van der Waals surface area (Å²) >= 11 is 0. The summed E-state index contributed by atoms with van der Waals surface area (Å²) in [6.07, 6.45) is -1.46. The number of nitrogens with zero attached hydrogens (tertiary/aromatic N) is 2. The van der Waals surface area contributed by atoms with Gasteiger partial charge in [0.1, 0.15) is 11.4 Å². The number of aryl methyl sites for hydroxylation is 1. The van der Waals surface area contributed by atoms with Crippen LogP contribution in [0.4, 0.5) is 18.0 Å². The van der Waals surface area contributed by atoms with Gasteiger partial charge in [-0.1, -0.05) is 0 Å². The molecule has 3 N–H and O–H groups in total. The number of amides is 4. The predicted octanol–water partition coefficient (Wildman–Crippen LogP) is 2.13. The van der Waals surface area contributed by atoms with E-state index in [1.54, 1.807) is 10.8 Å². The third kappa shape index (κ3) is 3.49. The van der Waals surface area contributed by atoms with E-state index in [9.17, 15) is 27.6 Å². The number of alkyl halides is 3. The minimum Gasteiger partial charge on any atom is -0.451 e. The topological polar surface area (TPSA) is 118 Å². The number of fused-ring (bicyclic) bond motifs is 1. The molecule has 2 aromatic heterocycles. The summed E-state index contributed by atoms with van der Waals surface area (Å²) in [6, 6.07) is 3.28. The van der Waals surface area contributed by atoms with Gasteiger partial charge in [0.15, 0.2) is 11.3 Å². The van der Waals surface area contributed by atoms with Gasteiger partial charge in [-0.05, 0) is 31.2 Å². The average molecular weight is 435 g/mol. The first-order valence-electron chi connectivity index (χ1n) is 9.18. The van der Waals surface area contributed by atoms with Crippen molar-refractivity contribution in [2.45, 2.75) is 25.2 Å². The maximum absolute atomic E-state index is 12.9. The molecule has 0 aliphatic carbocycles. The van der Waals surface area contributed by atoms with Crippen LogP contribution in [0.5, 0.6) is 0 Å². The fourth-order valence-corrected chi connectivity index (χ4v) is 3.42. The molecule has 4 amide bonds. The van der Waals surface area contributed by atoms with Crippen molar-refractivity contribution in [2.24, 2.45) is 0 Å². The van der Waals surface area contributed by atoms with E-state index in [-0.39, 0.29) is 29.1 Å². The van der Waals surface area contributed by atoms with Gasteiger partial charge in [-0.15, -0.1) is 0 Å². The third-order valence-corrected chi connectivity index (χ3v) is 4.96. The largest absolute Gasteiger partial charge is 0.451 e. The quantitative estimate of drug-likeness (QED) is 0.531. The second-order valence-corrected chi connectivity index (χ2v) is 6.89. The molecule has 0 saturated carbocycles. The highest BCUT2D eigenvalue weighted by Gasteiger charge is 2.51. The van der Waals surface area contributed by atoms with Gasteiger partial charge in [0.25, 0.3) is 11.8 Å². The first kappa shape index (κ1) is 20.4. The Kier molecular flexibility index (Phi) is 4.71. The van der Waals surface area contributed by atoms with Gasteiger partial charge in [-0.3, -0.25) is 14.9 Å². The Bertz CT molecular complexity index is 1200. The number of carbonyl (C=O) groups is 3. The lowest BCUT2D eigenvalue weighted by Crippen LogP contribution is -2.54. The van der Waals surface area contributed by atoms with Gasteiger partial charge >= 0.3 is 12.2 Å². The molecule has 1 atom stereocenters. The number of urea groups is 1. The Morgan fingerprint density at radius 1 is 1.29 bits per heavy atom. The number of benzene rings is 1. The lowest BCUT2D eigenvalue weighted by Gasteiger charge is -2.26. The maximum Gasteiger partial charge on any atom is 0.416 e. The lowest BCUT2D eigenvalue weighted by atomic mass is 9.98. The van der Waals surface area contributed by atoms with E-state index in [0.717, 1.165) is 18.2 Å². The van der Waals surface area contributed by atoms with Gasteiger partial charge in [0.05, 0.1) is 12.1 Å². The SMILES string of the molecule is CCn1ccnc1[C@]1(CNC(=O)c2cc3cc(C(F)(F)F)ccc3o2)NC(=O)NC1=O. The fraction of sp³-hybridized carbons (Fsp3) is 0.263. The molecule has 1 fully saturated rings. The molecule has 9 nitrogen and oxygen atoms in total. The number of hydrogen-bond acceptors (Lipinski definition) is 5. The molecule has 0 spiro atoms. The molecule has 0 unspecified atom stereocenters. The number of halogens is 3. The zero-order valence-corrected chi connectivity index (χ0v) is 16.0. The van der Waals surface area contributed by atoms with Crippen LogP contribution in [-0.2, 0) is 23.1 Å². The van der Waals surface area contributed by atoms with Crippen LogP contribution in [0.3, 0.4) is 0 Å². The molecule has 1 saturated heterocycles. The van der Waals surface area contributed by atoms with E-state index in [4.69, 9.17) is 4.42 Å². The number of carbonyl (C=O) groups excluding carboxylic acids is 3. The molecule has 1 aliphatic rings. The smallest absolute Gasteiger partial charge is 0.416 e. The zero-order chi connectivity index (χ0) is 22.4. The van der Waals surface area contributed by atoms with Crippen LogP contribution in [-0.4, -0.2) is 33.9 Å². The molecular formula is C19H16F3N5O4. The van der Waals surface area contributed by atoms with E-state index >= 15 is 0 Å². The summed E-state index contributed by atoms with van der Waals surface area (Å²) in [7, 11) is 0. The van der Waals surface area contributed by atoms with Crippen molar-refractivity contribution in [2.75, 3.05) is 6.54 Å². The van der Waals surface area contributed by atoms with Crippen molar-refractivity contribution in [3.05, 3.63) is 53.8 Å². The van der Waals surface area contributed by atoms with Crippen LogP contribution in [0, 0.1) is 0 Å². The van der Waals surface area contributed by atoms with Crippen molar-refractivity contribution in [1.82, 2.24) is 25.5 Å². The monoisotopic (exact) mass is 435 g/mol. The highest BCUT2D eigenvalue weighted by atomic mass is 19.4. The van der Waals surface area contributed by atoms with Crippen LogP contribution >= 0.6 is 0 Å². The highest BCUT2D eigenvalue weighted by molar-refractivity contribution is 6.07. The first-order valence-corrected chi connectivity index (χ1v) is 9.18. The number of aromatic nitrogens is 2. The van der Waals surface area contributed by atoms with Gasteiger partial charge in [0, 0.05) is 24.3 Å². The van der Waals surface area contributed by atoms with E-state index in [2.05, 4.69) is 20.9 Å². The lowest BCUT2D eigenvalue weighted by molar-refractivity contribution is -0.137. The van der Waals surface area contributed by atoms with Gasteiger partial charge in [0.2, 0.25) is 0 Å². The van der Waals surface area contributed by atoms with Crippen molar-refractivity contribution in [1.29, 1.82) is 0 Å². The molecule has 31 heavy (non-hydrogen) atoms. The van der Waals surface area contributed by atoms with E-state index < -0.39 is 35.1 Å². The normalized spacial score (nSPS) is 18.8. The molecule has 1 aliphatic heterocycles. The Morgan fingerprint density at radius 2 is 2.06 bits per heavy atom. The van der Waals surface area contributed by atoms with E-state index in [1.807, 2.05) is 6.92 Å². The van der Waals surface area contributed by atoms with Crippen molar-refractivity contribution >= 4 is 28.8 Å². The molecule has 12 heteroatoms. The number of hydrogen-bond donors (Lipinski definition) is 3. The molecule has 3 heterocycles. The van der Waals surface area contributed by atoms with Crippen molar-refractivity contribution in [3.63, 3.8) is 0 Å². The Labute approximate surface area is 172 Å². The summed E-state index contributed by atoms with van der Waals surface area (Å²) in [5.74, 6) is -1.49. The van der Waals surface area contributed by atoms with Crippen molar-refractivity contribution in [3.8, 4) is 0 Å². The summed E-state index contributed by atoms with van der Waals surface area (Å²) in [4.78, 5) is 41.1. The maximum atomic E-state index is 12.9. The van der Waals surface area contributed by atoms with Crippen molar-refractivity contribution < 1.29 is 32.0 Å². The predicted molar refractivity (Wildman–Crippen MR) is 99.8 cm³/mol. The number of rotatable bonds is 5. The van der Waals surface area contributed by atoms with Gasteiger partial charge in [-0.2, -0.15) is 13.2 Å². The summed E-state index contributed by atoms with van der Waals surface area (Å²) in [5.41, 5.74) is -2.42. The number of imidazole rings is 1. The first-order chi connectivity index (χ1) is 14.6. The van der Waals surface area contributed by atoms with Crippen LogP contribution in [0.25, 0.3) is 11.0 Å².